The fourth-order valence-corrected chi connectivity index (χ4v) is 3.71. The van der Waals surface area contributed by atoms with Crippen molar-refractivity contribution in [2.24, 2.45) is 0 Å². The number of carbonyl (C=O) groups excluding carboxylic acids is 2. The number of fused-ring (bicyclic) bond motifs is 1. The molecule has 7 nitrogen and oxygen atoms in total. The van der Waals surface area contributed by atoms with Gasteiger partial charge in [0.15, 0.2) is 10.4 Å². The number of benzene rings is 1. The van der Waals surface area contributed by atoms with Gasteiger partial charge in [-0.25, -0.2) is 0 Å². The number of thioether (sulfide) groups is 1. The zero-order chi connectivity index (χ0) is 16.9. The summed E-state index contributed by atoms with van der Waals surface area (Å²) >= 11 is 2.44. The Kier molecular flexibility index (Phi) is 5.31. The Morgan fingerprint density at radius 3 is 3.04 bits per heavy atom. The summed E-state index contributed by atoms with van der Waals surface area (Å²) in [5.41, 5.74) is 1.01. The van der Waals surface area contributed by atoms with Crippen molar-refractivity contribution in [1.82, 2.24) is 10.2 Å². The van der Waals surface area contributed by atoms with Gasteiger partial charge in [-0.3, -0.25) is 14.9 Å². The van der Waals surface area contributed by atoms with Crippen LogP contribution in [-0.4, -0.2) is 40.5 Å². The fraction of sp³-hybridized carbons (Fsp3) is 0.333. The summed E-state index contributed by atoms with van der Waals surface area (Å²) in [6.45, 7) is 2.10. The highest BCUT2D eigenvalue weighted by Gasteiger charge is 2.29. The van der Waals surface area contributed by atoms with Crippen molar-refractivity contribution in [2.45, 2.75) is 23.8 Å². The van der Waals surface area contributed by atoms with Crippen LogP contribution in [0.5, 0.6) is 5.75 Å². The Labute approximate surface area is 146 Å². The largest absolute Gasteiger partial charge is 0.480 e. The summed E-state index contributed by atoms with van der Waals surface area (Å²) in [5.74, 6) is 0.336. The molecule has 3 rings (SSSR count). The van der Waals surface area contributed by atoms with E-state index in [4.69, 9.17) is 9.47 Å². The van der Waals surface area contributed by atoms with Crippen LogP contribution in [0.2, 0.25) is 0 Å². The standard InChI is InChI=1S/C15H15N3O4S2/c1-2-21-12(19)8-23-15-18-17-14(24-15)16-13(20)11-7-9-5-3-4-6-10(9)22-11/h3-6,11H,2,7-8H2,1H3,(H,16,17,20). The van der Waals surface area contributed by atoms with E-state index in [-0.39, 0.29) is 17.6 Å². The number of ether oxygens (including phenoxy) is 2. The van der Waals surface area contributed by atoms with Gasteiger partial charge in [-0.15, -0.1) is 10.2 Å². The number of esters is 1. The van der Waals surface area contributed by atoms with Crippen molar-refractivity contribution in [1.29, 1.82) is 0 Å². The predicted octanol–water partition coefficient (Wildman–Crippen LogP) is 2.14. The molecular formula is C15H15N3O4S2. The molecule has 0 bridgehead atoms. The third-order valence-electron chi connectivity index (χ3n) is 3.19. The molecule has 0 saturated carbocycles. The number of nitrogens with zero attached hydrogens (tertiary/aromatic N) is 2. The van der Waals surface area contributed by atoms with Crippen LogP contribution in [0.1, 0.15) is 12.5 Å². The molecule has 1 unspecified atom stereocenters. The van der Waals surface area contributed by atoms with Crippen molar-refractivity contribution in [2.75, 3.05) is 17.7 Å². The number of hydrogen-bond donors (Lipinski definition) is 1. The summed E-state index contributed by atoms with van der Waals surface area (Å²) in [5, 5.41) is 10.9. The molecule has 1 aliphatic heterocycles. The molecule has 126 valence electrons. The highest BCUT2D eigenvalue weighted by molar-refractivity contribution is 8.01. The molecule has 0 spiro atoms. The van der Waals surface area contributed by atoms with E-state index < -0.39 is 6.10 Å². The van der Waals surface area contributed by atoms with Crippen molar-refractivity contribution in [3.8, 4) is 5.75 Å². The zero-order valence-electron chi connectivity index (χ0n) is 12.9. The van der Waals surface area contributed by atoms with E-state index in [0.717, 1.165) is 11.3 Å². The number of aromatic nitrogens is 2. The average Bonchev–Trinajstić information content (AvgIpc) is 3.19. The first-order valence-corrected chi connectivity index (χ1v) is 9.13. The first-order chi connectivity index (χ1) is 11.7. The number of rotatable bonds is 6. The van der Waals surface area contributed by atoms with Crippen LogP contribution in [0.4, 0.5) is 5.13 Å². The number of nitrogens with one attached hydrogen (secondary N) is 1. The van der Waals surface area contributed by atoms with Gasteiger partial charge >= 0.3 is 5.97 Å². The lowest BCUT2D eigenvalue weighted by Crippen LogP contribution is -2.31. The number of anilines is 1. The van der Waals surface area contributed by atoms with Crippen LogP contribution in [0, 0.1) is 0 Å². The first kappa shape index (κ1) is 16.7. The highest BCUT2D eigenvalue weighted by Crippen LogP contribution is 2.30. The Morgan fingerprint density at radius 2 is 2.25 bits per heavy atom. The molecule has 1 aromatic heterocycles. The van der Waals surface area contributed by atoms with Gasteiger partial charge in [0.05, 0.1) is 12.4 Å². The summed E-state index contributed by atoms with van der Waals surface area (Å²) < 4.78 is 11.1. The third-order valence-corrected chi connectivity index (χ3v) is 5.14. The molecule has 1 aromatic carbocycles. The molecule has 1 aliphatic rings. The molecule has 1 N–H and O–H groups in total. The smallest absolute Gasteiger partial charge is 0.316 e. The number of para-hydroxylation sites is 1. The molecular weight excluding hydrogens is 350 g/mol. The maximum absolute atomic E-state index is 12.3. The summed E-state index contributed by atoms with van der Waals surface area (Å²) in [4.78, 5) is 23.6. The third kappa shape index (κ3) is 4.04. The lowest BCUT2D eigenvalue weighted by Gasteiger charge is -2.08. The average molecular weight is 365 g/mol. The monoisotopic (exact) mass is 365 g/mol. The SMILES string of the molecule is CCOC(=O)CSc1nnc(NC(=O)C2Cc3ccccc3O2)s1. The normalized spacial score (nSPS) is 15.5. The maximum atomic E-state index is 12.3. The number of amides is 1. The fourth-order valence-electron chi connectivity index (χ4n) is 2.16. The van der Waals surface area contributed by atoms with E-state index >= 15 is 0 Å². The van der Waals surface area contributed by atoms with Gasteiger partial charge in [0.1, 0.15) is 5.75 Å². The molecule has 0 aliphatic carbocycles. The van der Waals surface area contributed by atoms with Crippen LogP contribution in [0.15, 0.2) is 28.6 Å². The zero-order valence-corrected chi connectivity index (χ0v) is 14.5. The topological polar surface area (TPSA) is 90.4 Å². The van der Waals surface area contributed by atoms with Crippen LogP contribution in [0.3, 0.4) is 0 Å². The van der Waals surface area contributed by atoms with Gasteiger partial charge in [-0.2, -0.15) is 0 Å². The Balaban J connectivity index is 1.52. The summed E-state index contributed by atoms with van der Waals surface area (Å²) in [7, 11) is 0. The molecule has 2 heterocycles. The van der Waals surface area contributed by atoms with Crippen LogP contribution in [0.25, 0.3) is 0 Å². The second-order valence-electron chi connectivity index (χ2n) is 4.87. The van der Waals surface area contributed by atoms with Gasteiger partial charge < -0.3 is 9.47 Å². The van der Waals surface area contributed by atoms with Gasteiger partial charge in [-0.1, -0.05) is 41.3 Å². The number of hydrogen-bond acceptors (Lipinski definition) is 8. The Morgan fingerprint density at radius 1 is 1.42 bits per heavy atom. The van der Waals surface area contributed by atoms with Gasteiger partial charge in [0, 0.05) is 6.42 Å². The van der Waals surface area contributed by atoms with Crippen molar-refractivity contribution in [3.63, 3.8) is 0 Å². The predicted molar refractivity (Wildman–Crippen MR) is 90.5 cm³/mol. The van der Waals surface area contributed by atoms with E-state index in [9.17, 15) is 9.59 Å². The lowest BCUT2D eigenvalue weighted by molar-refractivity contribution is -0.139. The molecule has 0 saturated heterocycles. The van der Waals surface area contributed by atoms with Gasteiger partial charge in [-0.05, 0) is 18.6 Å². The minimum atomic E-state index is -0.568. The Hall–Kier alpha value is -2.13. The molecule has 0 radical (unpaired) electrons. The van der Waals surface area contributed by atoms with Gasteiger partial charge in [0.2, 0.25) is 5.13 Å². The molecule has 2 aromatic rings. The van der Waals surface area contributed by atoms with Crippen molar-refractivity contribution >= 4 is 40.1 Å². The van der Waals surface area contributed by atoms with Crippen LogP contribution >= 0.6 is 23.1 Å². The second-order valence-corrected chi connectivity index (χ2v) is 7.07. The van der Waals surface area contributed by atoms with E-state index in [1.54, 1.807) is 6.92 Å². The van der Waals surface area contributed by atoms with E-state index in [1.165, 1.54) is 23.1 Å². The highest BCUT2D eigenvalue weighted by atomic mass is 32.2. The van der Waals surface area contributed by atoms with Crippen molar-refractivity contribution < 1.29 is 19.1 Å². The second kappa shape index (κ2) is 7.63. The minimum Gasteiger partial charge on any atom is -0.480 e. The maximum Gasteiger partial charge on any atom is 0.316 e. The van der Waals surface area contributed by atoms with E-state index in [0.29, 0.717) is 22.5 Å². The van der Waals surface area contributed by atoms with Gasteiger partial charge in [0.25, 0.3) is 5.91 Å². The summed E-state index contributed by atoms with van der Waals surface area (Å²) in [6, 6.07) is 7.58. The quantitative estimate of drug-likeness (QED) is 0.476. The first-order valence-electron chi connectivity index (χ1n) is 7.33. The number of carbonyl (C=O) groups is 2. The Bertz CT molecular complexity index is 725. The van der Waals surface area contributed by atoms with E-state index in [1.807, 2.05) is 24.3 Å². The molecule has 0 fully saturated rings. The molecule has 1 atom stereocenters. The lowest BCUT2D eigenvalue weighted by atomic mass is 10.1. The molecule has 1 amide bonds. The van der Waals surface area contributed by atoms with Crippen molar-refractivity contribution in [3.05, 3.63) is 29.8 Å². The van der Waals surface area contributed by atoms with E-state index in [2.05, 4.69) is 15.5 Å². The van der Waals surface area contributed by atoms with Crippen LogP contribution < -0.4 is 10.1 Å². The molecule has 24 heavy (non-hydrogen) atoms. The molecule has 9 heteroatoms. The van der Waals surface area contributed by atoms with Crippen LogP contribution in [-0.2, 0) is 20.7 Å². The summed E-state index contributed by atoms with van der Waals surface area (Å²) in [6.07, 6.45) is -0.0346. The minimum absolute atomic E-state index is 0.164.